The molecule has 4 rings (SSSR count). The topological polar surface area (TPSA) is 64.3 Å². The number of fused-ring (bicyclic) bond motifs is 1. The van der Waals surface area contributed by atoms with E-state index in [0.29, 0.717) is 5.52 Å². The molecule has 2 N–H and O–H groups in total. The highest BCUT2D eigenvalue weighted by molar-refractivity contribution is 7.16. The van der Waals surface area contributed by atoms with Gasteiger partial charge in [0.1, 0.15) is 16.0 Å². The van der Waals surface area contributed by atoms with E-state index in [-0.39, 0.29) is 23.5 Å². The van der Waals surface area contributed by atoms with Gasteiger partial charge in [0.05, 0.1) is 11.1 Å². The fraction of sp³-hybridized carbons (Fsp3) is 0.368. The van der Waals surface area contributed by atoms with Crippen LogP contribution in [0.4, 0.5) is 18.9 Å². The van der Waals surface area contributed by atoms with Gasteiger partial charge >= 0.3 is 6.18 Å². The van der Waals surface area contributed by atoms with E-state index in [1.54, 1.807) is 11.6 Å². The standard InChI is InChI=1S/C19H20F3N5OS/c1-26-4-6-27(7-5-26)10-12-2-3-13(8-14(12)19(20,21)22)24-17(28)15-9-16-18(25-15)29-11-23-16/h2-3,8-9,11,25H,4-7,10H2,1H3,(H,24,28). The van der Waals surface area contributed by atoms with Crippen molar-refractivity contribution in [2.75, 3.05) is 38.5 Å². The number of rotatable bonds is 4. The first-order chi connectivity index (χ1) is 13.8. The van der Waals surface area contributed by atoms with Crippen LogP contribution in [0.2, 0.25) is 0 Å². The molecule has 1 fully saturated rings. The molecule has 0 spiro atoms. The number of hydrogen-bond donors (Lipinski definition) is 2. The van der Waals surface area contributed by atoms with Crippen molar-refractivity contribution < 1.29 is 18.0 Å². The van der Waals surface area contributed by atoms with E-state index < -0.39 is 17.6 Å². The number of carbonyl (C=O) groups excluding carboxylic acids is 1. The lowest BCUT2D eigenvalue weighted by molar-refractivity contribution is -0.138. The number of alkyl halides is 3. The van der Waals surface area contributed by atoms with Crippen molar-refractivity contribution in [2.24, 2.45) is 0 Å². The lowest BCUT2D eigenvalue weighted by atomic mass is 10.0. The minimum Gasteiger partial charge on any atom is -0.341 e. The molecule has 29 heavy (non-hydrogen) atoms. The van der Waals surface area contributed by atoms with Crippen LogP contribution in [0.1, 0.15) is 21.6 Å². The van der Waals surface area contributed by atoms with Gasteiger partial charge in [-0.05, 0) is 30.8 Å². The number of piperazine rings is 1. The maximum Gasteiger partial charge on any atom is 0.416 e. The summed E-state index contributed by atoms with van der Waals surface area (Å²) in [5, 5.41) is 2.54. The molecule has 1 saturated heterocycles. The molecule has 0 unspecified atom stereocenters. The van der Waals surface area contributed by atoms with Crippen molar-refractivity contribution in [1.29, 1.82) is 0 Å². The van der Waals surface area contributed by atoms with Gasteiger partial charge < -0.3 is 15.2 Å². The maximum absolute atomic E-state index is 13.7. The monoisotopic (exact) mass is 423 g/mol. The van der Waals surface area contributed by atoms with Crippen LogP contribution in [-0.4, -0.2) is 58.9 Å². The Labute approximate surface area is 169 Å². The van der Waals surface area contributed by atoms with Gasteiger partial charge in [-0.1, -0.05) is 6.07 Å². The minimum atomic E-state index is -4.50. The first-order valence-electron chi connectivity index (χ1n) is 9.14. The Bertz CT molecular complexity index is 992. The average molecular weight is 423 g/mol. The van der Waals surface area contributed by atoms with E-state index in [1.165, 1.54) is 23.5 Å². The Morgan fingerprint density at radius 2 is 2.00 bits per heavy atom. The van der Waals surface area contributed by atoms with Crippen molar-refractivity contribution in [2.45, 2.75) is 12.7 Å². The molecule has 2 aromatic heterocycles. The molecule has 1 aliphatic rings. The average Bonchev–Trinajstić information content (AvgIpc) is 3.26. The largest absolute Gasteiger partial charge is 0.416 e. The molecule has 1 amide bonds. The Morgan fingerprint density at radius 1 is 1.24 bits per heavy atom. The number of aromatic nitrogens is 2. The highest BCUT2D eigenvalue weighted by atomic mass is 32.1. The number of nitrogens with zero attached hydrogens (tertiary/aromatic N) is 3. The van der Waals surface area contributed by atoms with E-state index in [2.05, 4.69) is 20.2 Å². The number of nitrogens with one attached hydrogen (secondary N) is 2. The van der Waals surface area contributed by atoms with Crippen LogP contribution in [-0.2, 0) is 12.7 Å². The summed E-state index contributed by atoms with van der Waals surface area (Å²) < 4.78 is 41.0. The van der Waals surface area contributed by atoms with E-state index in [9.17, 15) is 18.0 Å². The molecular formula is C19H20F3N5OS. The molecular weight excluding hydrogens is 403 g/mol. The SMILES string of the molecule is CN1CCN(Cc2ccc(NC(=O)c3cc4ncsc4[nH]3)cc2C(F)(F)F)CC1. The summed E-state index contributed by atoms with van der Waals surface area (Å²) in [5.74, 6) is -0.504. The number of benzene rings is 1. The van der Waals surface area contributed by atoms with E-state index in [0.717, 1.165) is 37.1 Å². The normalized spacial score (nSPS) is 16.4. The molecule has 0 atom stereocenters. The summed E-state index contributed by atoms with van der Waals surface area (Å²) >= 11 is 1.35. The number of halogens is 3. The van der Waals surface area contributed by atoms with Crippen LogP contribution in [0, 0.1) is 0 Å². The van der Waals surface area contributed by atoms with Gasteiger partial charge in [0.15, 0.2) is 0 Å². The van der Waals surface area contributed by atoms with Crippen LogP contribution in [0.15, 0.2) is 29.8 Å². The van der Waals surface area contributed by atoms with Crippen molar-refractivity contribution in [3.05, 3.63) is 46.6 Å². The number of thiazole rings is 1. The second kappa shape index (κ2) is 7.77. The molecule has 0 bridgehead atoms. The van der Waals surface area contributed by atoms with Crippen molar-refractivity contribution in [3.8, 4) is 0 Å². The van der Waals surface area contributed by atoms with Crippen LogP contribution < -0.4 is 5.32 Å². The van der Waals surface area contributed by atoms with E-state index in [4.69, 9.17) is 0 Å². The quantitative estimate of drug-likeness (QED) is 0.673. The molecule has 3 heterocycles. The number of aromatic amines is 1. The molecule has 1 aliphatic heterocycles. The van der Waals surface area contributed by atoms with E-state index >= 15 is 0 Å². The van der Waals surface area contributed by atoms with Crippen LogP contribution in [0.3, 0.4) is 0 Å². The van der Waals surface area contributed by atoms with Gasteiger partial charge in [-0.25, -0.2) is 4.98 Å². The lowest BCUT2D eigenvalue weighted by Gasteiger charge is -2.33. The van der Waals surface area contributed by atoms with Crippen molar-refractivity contribution in [3.63, 3.8) is 0 Å². The molecule has 1 aromatic carbocycles. The second-order valence-corrected chi connectivity index (χ2v) is 8.01. The Balaban J connectivity index is 1.53. The molecule has 0 aliphatic carbocycles. The molecule has 154 valence electrons. The van der Waals surface area contributed by atoms with Crippen molar-refractivity contribution in [1.82, 2.24) is 19.8 Å². The fourth-order valence-electron chi connectivity index (χ4n) is 3.37. The lowest BCUT2D eigenvalue weighted by Crippen LogP contribution is -2.44. The van der Waals surface area contributed by atoms with Gasteiger partial charge in [0.25, 0.3) is 5.91 Å². The highest BCUT2D eigenvalue weighted by Gasteiger charge is 2.34. The zero-order valence-corrected chi connectivity index (χ0v) is 16.5. The van der Waals surface area contributed by atoms with Gasteiger partial charge in [0, 0.05) is 38.4 Å². The zero-order chi connectivity index (χ0) is 20.6. The summed E-state index contributed by atoms with van der Waals surface area (Å²) in [6.07, 6.45) is -4.50. The summed E-state index contributed by atoms with van der Waals surface area (Å²) in [6, 6.07) is 5.55. The summed E-state index contributed by atoms with van der Waals surface area (Å²) in [7, 11) is 2.00. The van der Waals surface area contributed by atoms with E-state index in [1.807, 2.05) is 11.9 Å². The van der Waals surface area contributed by atoms with Crippen LogP contribution in [0.5, 0.6) is 0 Å². The number of hydrogen-bond acceptors (Lipinski definition) is 5. The van der Waals surface area contributed by atoms with Crippen molar-refractivity contribution >= 4 is 33.3 Å². The number of amides is 1. The molecule has 6 nitrogen and oxygen atoms in total. The Morgan fingerprint density at radius 3 is 2.69 bits per heavy atom. The first kappa shape index (κ1) is 19.9. The summed E-state index contributed by atoms with van der Waals surface area (Å²) in [5.41, 5.74) is 2.16. The van der Waals surface area contributed by atoms with Gasteiger partial charge in [0.2, 0.25) is 0 Å². The zero-order valence-electron chi connectivity index (χ0n) is 15.7. The van der Waals surface area contributed by atoms with Gasteiger partial charge in [-0.15, -0.1) is 11.3 Å². The molecule has 3 aromatic rings. The third-order valence-electron chi connectivity index (χ3n) is 5.03. The highest BCUT2D eigenvalue weighted by Crippen LogP contribution is 2.34. The van der Waals surface area contributed by atoms with Crippen LogP contribution >= 0.6 is 11.3 Å². The third-order valence-corrected chi connectivity index (χ3v) is 5.79. The Kier molecular flexibility index (Phi) is 5.32. The first-order valence-corrected chi connectivity index (χ1v) is 10.0. The Hall–Kier alpha value is -2.43. The fourth-order valence-corrected chi connectivity index (χ4v) is 4.04. The number of likely N-dealkylation sites (N-methyl/N-ethyl adjacent to an activating group) is 1. The number of anilines is 1. The number of carbonyl (C=O) groups is 1. The summed E-state index contributed by atoms with van der Waals surface area (Å²) in [4.78, 5) is 24.3. The second-order valence-electron chi connectivity index (χ2n) is 7.15. The molecule has 0 radical (unpaired) electrons. The van der Waals surface area contributed by atoms with Crippen LogP contribution in [0.25, 0.3) is 10.3 Å². The maximum atomic E-state index is 13.7. The molecule has 0 saturated carbocycles. The minimum absolute atomic E-state index is 0.107. The van der Waals surface area contributed by atoms with Gasteiger partial charge in [-0.3, -0.25) is 9.69 Å². The summed E-state index contributed by atoms with van der Waals surface area (Å²) in [6.45, 7) is 3.35. The van der Waals surface area contributed by atoms with Gasteiger partial charge in [-0.2, -0.15) is 13.2 Å². The predicted molar refractivity (Wildman–Crippen MR) is 106 cm³/mol. The predicted octanol–water partition coefficient (Wildman–Crippen LogP) is 3.64. The smallest absolute Gasteiger partial charge is 0.341 e. The molecule has 10 heteroatoms. The number of H-pyrrole nitrogens is 1. The third kappa shape index (κ3) is 4.44.